The van der Waals surface area contributed by atoms with E-state index in [0.29, 0.717) is 0 Å². The van der Waals surface area contributed by atoms with Crippen molar-refractivity contribution >= 4 is 10.0 Å². The van der Waals surface area contributed by atoms with E-state index in [2.05, 4.69) is 4.72 Å². The van der Waals surface area contributed by atoms with Gasteiger partial charge in [-0.3, -0.25) is 0 Å². The number of hydrogen-bond acceptors (Lipinski definition) is 3. The van der Waals surface area contributed by atoms with E-state index in [-0.39, 0.29) is 18.3 Å². The zero-order valence-electron chi connectivity index (χ0n) is 8.78. The van der Waals surface area contributed by atoms with Crippen LogP contribution in [-0.4, -0.2) is 31.4 Å². The maximum Gasteiger partial charge on any atom is 0.212 e. The van der Waals surface area contributed by atoms with Crippen LogP contribution in [-0.2, 0) is 10.0 Å². The molecule has 4 nitrogen and oxygen atoms in total. The van der Waals surface area contributed by atoms with Gasteiger partial charge >= 0.3 is 0 Å². The fourth-order valence-corrected chi connectivity index (χ4v) is 3.60. The van der Waals surface area contributed by atoms with Gasteiger partial charge in [0.25, 0.3) is 0 Å². The molecular weight excluding hydrogens is 202 g/mol. The van der Waals surface area contributed by atoms with Crippen LogP contribution in [0.3, 0.4) is 0 Å². The highest BCUT2D eigenvalue weighted by Gasteiger charge is 2.39. The number of aliphatic hydroxyl groups is 1. The number of hydrogen-bond donors (Lipinski definition) is 2. The lowest BCUT2D eigenvalue weighted by atomic mass is 9.78. The largest absolute Gasteiger partial charge is 0.394 e. The summed E-state index contributed by atoms with van der Waals surface area (Å²) in [4.78, 5) is 0. The summed E-state index contributed by atoms with van der Waals surface area (Å²) in [6, 6.07) is 0. The first kappa shape index (κ1) is 11.9. The van der Waals surface area contributed by atoms with Crippen LogP contribution in [0.4, 0.5) is 0 Å². The van der Waals surface area contributed by atoms with Crippen molar-refractivity contribution in [1.29, 1.82) is 0 Å². The lowest BCUT2D eigenvalue weighted by Gasteiger charge is -2.40. The molecule has 2 N–H and O–H groups in total. The molecule has 0 heterocycles. The average Bonchev–Trinajstić information content (AvgIpc) is 1.94. The molecule has 1 saturated carbocycles. The first-order chi connectivity index (χ1) is 6.39. The summed E-state index contributed by atoms with van der Waals surface area (Å²) in [5.74, 6) is 0.248. The van der Waals surface area contributed by atoms with E-state index in [0.717, 1.165) is 19.3 Å². The Bertz CT molecular complexity index is 275. The van der Waals surface area contributed by atoms with Crippen molar-refractivity contribution in [2.24, 2.45) is 5.92 Å². The molecule has 1 rings (SSSR count). The first-order valence-corrected chi connectivity index (χ1v) is 6.67. The van der Waals surface area contributed by atoms with Crippen LogP contribution in [0.5, 0.6) is 0 Å². The molecule has 1 fully saturated rings. The molecule has 1 aliphatic carbocycles. The third-order valence-corrected chi connectivity index (χ3v) is 4.39. The van der Waals surface area contributed by atoms with Gasteiger partial charge in [-0.2, -0.15) is 0 Å². The molecule has 0 aromatic rings. The minimum Gasteiger partial charge on any atom is -0.394 e. The second-order valence-corrected chi connectivity index (χ2v) is 6.34. The molecule has 0 radical (unpaired) electrons. The molecule has 14 heavy (non-hydrogen) atoms. The highest BCUT2D eigenvalue weighted by Crippen LogP contribution is 2.32. The first-order valence-electron chi connectivity index (χ1n) is 5.02. The molecular formula is C9H19NO3S. The molecule has 0 spiro atoms. The van der Waals surface area contributed by atoms with Gasteiger partial charge in [-0.25, -0.2) is 13.1 Å². The van der Waals surface area contributed by atoms with Gasteiger partial charge in [-0.05, 0) is 25.2 Å². The van der Waals surface area contributed by atoms with Crippen molar-refractivity contribution in [3.63, 3.8) is 0 Å². The molecule has 0 unspecified atom stereocenters. The summed E-state index contributed by atoms with van der Waals surface area (Å²) in [6.07, 6.45) is 2.49. The summed E-state index contributed by atoms with van der Waals surface area (Å²) in [5.41, 5.74) is -0.548. The topological polar surface area (TPSA) is 66.4 Å². The smallest absolute Gasteiger partial charge is 0.212 e. The highest BCUT2D eigenvalue weighted by atomic mass is 32.2. The summed E-state index contributed by atoms with van der Waals surface area (Å²) in [7, 11) is -3.22. The fraction of sp³-hybridized carbons (Fsp3) is 1.00. The van der Waals surface area contributed by atoms with Crippen molar-refractivity contribution in [2.45, 2.75) is 38.6 Å². The van der Waals surface area contributed by atoms with Gasteiger partial charge in [-0.1, -0.05) is 13.8 Å². The number of sulfonamides is 1. The van der Waals surface area contributed by atoms with Crippen molar-refractivity contribution in [3.8, 4) is 0 Å². The number of rotatable bonds is 5. The Hall–Kier alpha value is -0.130. The van der Waals surface area contributed by atoms with Gasteiger partial charge < -0.3 is 5.11 Å². The van der Waals surface area contributed by atoms with E-state index in [1.54, 1.807) is 0 Å². The number of aliphatic hydroxyl groups excluding tert-OH is 1. The lowest BCUT2D eigenvalue weighted by molar-refractivity contribution is 0.110. The zero-order chi connectivity index (χ0) is 10.8. The monoisotopic (exact) mass is 221 g/mol. The SMILES string of the molecule is CC(C)CS(=O)(=O)NC1(CO)CCC1. The van der Waals surface area contributed by atoms with E-state index >= 15 is 0 Å². The van der Waals surface area contributed by atoms with Crippen LogP contribution in [0, 0.1) is 5.92 Å². The lowest BCUT2D eigenvalue weighted by Crippen LogP contribution is -2.56. The van der Waals surface area contributed by atoms with Crippen molar-refractivity contribution in [1.82, 2.24) is 4.72 Å². The molecule has 0 amide bonds. The van der Waals surface area contributed by atoms with Crippen molar-refractivity contribution in [2.75, 3.05) is 12.4 Å². The van der Waals surface area contributed by atoms with Crippen LogP contribution in [0.25, 0.3) is 0 Å². The van der Waals surface area contributed by atoms with E-state index in [9.17, 15) is 8.42 Å². The maximum atomic E-state index is 11.6. The minimum absolute atomic E-state index is 0.0929. The van der Waals surface area contributed by atoms with Gasteiger partial charge in [0, 0.05) is 0 Å². The Labute approximate surface area is 85.8 Å². The number of nitrogens with one attached hydrogen (secondary N) is 1. The molecule has 0 atom stereocenters. The Balaban J connectivity index is 2.58. The predicted molar refractivity (Wildman–Crippen MR) is 55.4 cm³/mol. The molecule has 0 aliphatic heterocycles. The molecule has 0 saturated heterocycles. The van der Waals surface area contributed by atoms with Gasteiger partial charge in [0.2, 0.25) is 10.0 Å². The molecule has 1 aliphatic rings. The predicted octanol–water partition coefficient (Wildman–Crippen LogP) is 0.477. The zero-order valence-corrected chi connectivity index (χ0v) is 9.60. The average molecular weight is 221 g/mol. The summed E-state index contributed by atoms with van der Waals surface area (Å²) < 4.78 is 25.8. The molecule has 0 bridgehead atoms. The third kappa shape index (κ3) is 2.93. The van der Waals surface area contributed by atoms with E-state index in [4.69, 9.17) is 5.11 Å². The molecule has 0 aromatic carbocycles. The summed E-state index contributed by atoms with van der Waals surface area (Å²) in [6.45, 7) is 3.64. The highest BCUT2D eigenvalue weighted by molar-refractivity contribution is 7.89. The normalized spacial score (nSPS) is 20.9. The fourth-order valence-electron chi connectivity index (χ4n) is 1.71. The van der Waals surface area contributed by atoms with Crippen LogP contribution in [0.2, 0.25) is 0 Å². The maximum absolute atomic E-state index is 11.6. The Morgan fingerprint density at radius 1 is 1.43 bits per heavy atom. The third-order valence-electron chi connectivity index (χ3n) is 2.54. The second kappa shape index (κ2) is 4.16. The van der Waals surface area contributed by atoms with Gasteiger partial charge in [0.15, 0.2) is 0 Å². The summed E-state index contributed by atoms with van der Waals surface area (Å²) >= 11 is 0. The van der Waals surface area contributed by atoms with E-state index in [1.165, 1.54) is 0 Å². The Morgan fingerprint density at radius 2 is 2.00 bits per heavy atom. The van der Waals surface area contributed by atoms with Gasteiger partial charge in [0.05, 0.1) is 17.9 Å². The molecule has 5 heteroatoms. The minimum atomic E-state index is -3.22. The van der Waals surface area contributed by atoms with E-state index < -0.39 is 15.6 Å². The van der Waals surface area contributed by atoms with Crippen molar-refractivity contribution in [3.05, 3.63) is 0 Å². The van der Waals surface area contributed by atoms with Crippen LogP contribution in [0.15, 0.2) is 0 Å². The van der Waals surface area contributed by atoms with Crippen LogP contribution in [0.1, 0.15) is 33.1 Å². The van der Waals surface area contributed by atoms with Crippen molar-refractivity contribution < 1.29 is 13.5 Å². The molecule has 84 valence electrons. The standard InChI is InChI=1S/C9H19NO3S/c1-8(2)6-14(12,13)10-9(7-11)4-3-5-9/h8,10-11H,3-7H2,1-2H3. The van der Waals surface area contributed by atoms with E-state index in [1.807, 2.05) is 13.8 Å². The second-order valence-electron chi connectivity index (χ2n) is 4.57. The Morgan fingerprint density at radius 3 is 2.29 bits per heavy atom. The molecule has 0 aromatic heterocycles. The van der Waals surface area contributed by atoms with Gasteiger partial charge in [0.1, 0.15) is 0 Å². The van der Waals surface area contributed by atoms with Crippen LogP contribution >= 0.6 is 0 Å². The Kier molecular flexibility index (Phi) is 3.55. The quantitative estimate of drug-likeness (QED) is 0.709. The van der Waals surface area contributed by atoms with Gasteiger partial charge in [-0.15, -0.1) is 0 Å². The van der Waals surface area contributed by atoms with Crippen LogP contribution < -0.4 is 4.72 Å². The summed E-state index contributed by atoms with van der Waals surface area (Å²) in [5, 5.41) is 9.11.